The van der Waals surface area contributed by atoms with Crippen LogP contribution in [0.5, 0.6) is 5.75 Å². The van der Waals surface area contributed by atoms with Crippen LogP contribution in [0.2, 0.25) is 5.02 Å². The highest BCUT2D eigenvalue weighted by atomic mass is 35.5. The minimum atomic E-state index is -1.33. The highest BCUT2D eigenvalue weighted by Gasteiger charge is 2.17. The lowest BCUT2D eigenvalue weighted by Gasteiger charge is -2.11. The lowest BCUT2D eigenvalue weighted by Crippen LogP contribution is -2.06. The lowest BCUT2D eigenvalue weighted by molar-refractivity contribution is 0.0690. The fourth-order valence-corrected chi connectivity index (χ4v) is 1.86. The molecule has 20 heavy (non-hydrogen) atoms. The van der Waals surface area contributed by atoms with Crippen LogP contribution in [0.4, 0.5) is 8.78 Å². The first kappa shape index (κ1) is 14.3. The zero-order valence-electron chi connectivity index (χ0n) is 10.1. The molecule has 0 aromatic heterocycles. The zero-order chi connectivity index (χ0) is 14.7. The number of carboxylic acid groups (broad SMARTS) is 1. The van der Waals surface area contributed by atoms with Crippen LogP contribution in [0.3, 0.4) is 0 Å². The van der Waals surface area contributed by atoms with Gasteiger partial charge in [-0.15, -0.1) is 0 Å². The summed E-state index contributed by atoms with van der Waals surface area (Å²) in [5.41, 5.74) is -0.300. The summed E-state index contributed by atoms with van der Waals surface area (Å²) in [4.78, 5) is 11.0. The first-order valence-electron chi connectivity index (χ1n) is 5.58. The topological polar surface area (TPSA) is 46.5 Å². The maximum absolute atomic E-state index is 13.6. The summed E-state index contributed by atoms with van der Waals surface area (Å²) in [6, 6.07) is 7.58. The summed E-state index contributed by atoms with van der Waals surface area (Å²) in [5, 5.41) is 9.07. The Kier molecular flexibility index (Phi) is 4.20. The van der Waals surface area contributed by atoms with E-state index in [0.717, 1.165) is 6.07 Å². The van der Waals surface area contributed by atoms with Crippen molar-refractivity contribution in [2.24, 2.45) is 0 Å². The molecule has 2 rings (SSSR count). The summed E-state index contributed by atoms with van der Waals surface area (Å²) >= 11 is 5.81. The Morgan fingerprint density at radius 3 is 2.45 bits per heavy atom. The minimum Gasteiger partial charge on any atom is -0.485 e. The van der Waals surface area contributed by atoms with Gasteiger partial charge in [-0.05, 0) is 24.3 Å². The SMILES string of the molecule is O=C(O)c1cccc(F)c1OCc1c(F)cccc1Cl. The second-order valence-electron chi connectivity index (χ2n) is 3.91. The van der Waals surface area contributed by atoms with E-state index in [-0.39, 0.29) is 22.8 Å². The Bertz CT molecular complexity index is 639. The Labute approximate surface area is 118 Å². The molecular weight excluding hydrogens is 290 g/mol. The van der Waals surface area contributed by atoms with Crippen LogP contribution in [0, 0.1) is 11.6 Å². The van der Waals surface area contributed by atoms with Crippen LogP contribution in [0.15, 0.2) is 36.4 Å². The molecule has 1 N–H and O–H groups in total. The van der Waals surface area contributed by atoms with Gasteiger partial charge in [0.1, 0.15) is 18.0 Å². The molecule has 0 radical (unpaired) electrons. The minimum absolute atomic E-state index is 0.0359. The Hall–Kier alpha value is -2.14. The predicted molar refractivity (Wildman–Crippen MR) is 69.1 cm³/mol. The summed E-state index contributed by atoms with van der Waals surface area (Å²) in [6.45, 7) is -0.368. The van der Waals surface area contributed by atoms with Crippen LogP contribution < -0.4 is 4.74 Å². The average Bonchev–Trinajstić information content (AvgIpc) is 2.39. The molecule has 0 heterocycles. The number of hydrogen-bond acceptors (Lipinski definition) is 2. The van der Waals surface area contributed by atoms with Gasteiger partial charge >= 0.3 is 5.97 Å². The number of carbonyl (C=O) groups is 1. The average molecular weight is 299 g/mol. The van der Waals surface area contributed by atoms with Crippen molar-refractivity contribution < 1.29 is 23.4 Å². The predicted octanol–water partition coefficient (Wildman–Crippen LogP) is 3.90. The van der Waals surface area contributed by atoms with Crippen molar-refractivity contribution in [3.8, 4) is 5.75 Å². The Balaban J connectivity index is 2.30. The van der Waals surface area contributed by atoms with Crippen molar-refractivity contribution >= 4 is 17.6 Å². The number of ether oxygens (including phenoxy) is 1. The van der Waals surface area contributed by atoms with Crippen molar-refractivity contribution in [1.29, 1.82) is 0 Å². The third kappa shape index (κ3) is 2.88. The van der Waals surface area contributed by atoms with Gasteiger partial charge in [0.25, 0.3) is 0 Å². The van der Waals surface area contributed by atoms with Gasteiger partial charge in [0, 0.05) is 5.56 Å². The van der Waals surface area contributed by atoms with Crippen molar-refractivity contribution in [1.82, 2.24) is 0 Å². The number of para-hydroxylation sites is 1. The van der Waals surface area contributed by atoms with Crippen LogP contribution in [-0.2, 0) is 6.61 Å². The number of hydrogen-bond donors (Lipinski definition) is 1. The molecule has 0 aliphatic carbocycles. The molecule has 0 saturated carbocycles. The number of halogens is 3. The molecule has 0 aliphatic rings. The monoisotopic (exact) mass is 298 g/mol. The van der Waals surface area contributed by atoms with Crippen molar-refractivity contribution in [2.75, 3.05) is 0 Å². The van der Waals surface area contributed by atoms with Gasteiger partial charge in [-0.25, -0.2) is 13.6 Å². The van der Waals surface area contributed by atoms with Gasteiger partial charge < -0.3 is 9.84 Å². The summed E-state index contributed by atoms with van der Waals surface area (Å²) in [5.74, 6) is -3.22. The molecule has 3 nitrogen and oxygen atoms in total. The normalized spacial score (nSPS) is 10.3. The lowest BCUT2D eigenvalue weighted by atomic mass is 10.2. The molecule has 0 saturated heterocycles. The summed E-state index contributed by atoms with van der Waals surface area (Å²) < 4.78 is 32.2. The molecule has 0 amide bonds. The molecule has 0 fully saturated rings. The molecule has 0 spiro atoms. The number of aromatic carboxylic acids is 1. The highest BCUT2D eigenvalue weighted by molar-refractivity contribution is 6.31. The number of carboxylic acids is 1. The van der Waals surface area contributed by atoms with Crippen molar-refractivity contribution in [2.45, 2.75) is 6.61 Å². The van der Waals surface area contributed by atoms with E-state index in [1.165, 1.54) is 30.3 Å². The van der Waals surface area contributed by atoms with E-state index in [1.807, 2.05) is 0 Å². The molecule has 0 unspecified atom stereocenters. The summed E-state index contributed by atoms with van der Waals surface area (Å²) in [6.07, 6.45) is 0. The zero-order valence-corrected chi connectivity index (χ0v) is 10.8. The molecule has 2 aromatic rings. The Morgan fingerprint density at radius 2 is 1.80 bits per heavy atom. The van der Waals surface area contributed by atoms with Crippen molar-refractivity contribution in [3.05, 3.63) is 64.2 Å². The maximum Gasteiger partial charge on any atom is 0.339 e. The first-order valence-corrected chi connectivity index (χ1v) is 5.96. The highest BCUT2D eigenvalue weighted by Crippen LogP contribution is 2.26. The third-order valence-corrected chi connectivity index (χ3v) is 2.97. The molecular formula is C14H9ClF2O3. The fraction of sp³-hybridized carbons (Fsp3) is 0.0714. The Morgan fingerprint density at radius 1 is 1.15 bits per heavy atom. The van der Waals surface area contributed by atoms with Gasteiger partial charge in [-0.2, -0.15) is 0 Å². The molecule has 0 bridgehead atoms. The second-order valence-corrected chi connectivity index (χ2v) is 4.32. The van der Waals surface area contributed by atoms with E-state index in [2.05, 4.69) is 0 Å². The van der Waals surface area contributed by atoms with E-state index in [0.29, 0.717) is 0 Å². The molecule has 6 heteroatoms. The van der Waals surface area contributed by atoms with Crippen LogP contribution in [0.1, 0.15) is 15.9 Å². The van der Waals surface area contributed by atoms with E-state index in [9.17, 15) is 13.6 Å². The number of rotatable bonds is 4. The second kappa shape index (κ2) is 5.88. The molecule has 0 aliphatic heterocycles. The third-order valence-electron chi connectivity index (χ3n) is 2.62. The quantitative estimate of drug-likeness (QED) is 0.931. The summed E-state index contributed by atoms with van der Waals surface area (Å²) in [7, 11) is 0. The van der Waals surface area contributed by atoms with Gasteiger partial charge in [-0.1, -0.05) is 23.7 Å². The fourth-order valence-electron chi connectivity index (χ4n) is 1.64. The van der Waals surface area contributed by atoms with Crippen molar-refractivity contribution in [3.63, 3.8) is 0 Å². The first-order chi connectivity index (χ1) is 9.50. The maximum atomic E-state index is 13.6. The molecule has 104 valence electrons. The van der Waals surface area contributed by atoms with Crippen LogP contribution >= 0.6 is 11.6 Å². The van der Waals surface area contributed by atoms with Gasteiger partial charge in [0.2, 0.25) is 0 Å². The largest absolute Gasteiger partial charge is 0.485 e. The smallest absolute Gasteiger partial charge is 0.339 e. The van der Waals surface area contributed by atoms with Crippen LogP contribution in [-0.4, -0.2) is 11.1 Å². The van der Waals surface area contributed by atoms with Gasteiger partial charge in [0.15, 0.2) is 11.6 Å². The van der Waals surface area contributed by atoms with Gasteiger partial charge in [0.05, 0.1) is 5.02 Å². The van der Waals surface area contributed by atoms with Gasteiger partial charge in [-0.3, -0.25) is 0 Å². The molecule has 0 atom stereocenters. The van der Waals surface area contributed by atoms with E-state index >= 15 is 0 Å². The number of benzene rings is 2. The van der Waals surface area contributed by atoms with E-state index < -0.39 is 23.4 Å². The van der Waals surface area contributed by atoms with E-state index in [1.54, 1.807) is 0 Å². The van der Waals surface area contributed by atoms with E-state index in [4.69, 9.17) is 21.4 Å². The molecule has 2 aromatic carbocycles. The standard InChI is InChI=1S/C14H9ClF2O3/c15-10-4-2-5-11(16)9(10)7-20-13-8(14(18)19)3-1-6-12(13)17/h1-6H,7H2,(H,18,19). The van der Waals surface area contributed by atoms with Crippen LogP contribution in [0.25, 0.3) is 0 Å².